The van der Waals surface area contributed by atoms with Crippen molar-refractivity contribution < 1.29 is 23.5 Å². The Labute approximate surface area is 350 Å². The topological polar surface area (TPSA) is 96.4 Å². The van der Waals surface area contributed by atoms with E-state index in [1.807, 2.05) is 60.4 Å². The van der Waals surface area contributed by atoms with Gasteiger partial charge >= 0.3 is 0 Å². The lowest BCUT2D eigenvalue weighted by Gasteiger charge is -2.41. The van der Waals surface area contributed by atoms with Crippen molar-refractivity contribution in [2.75, 3.05) is 83.4 Å². The standard InChI is InChI=1S/C46H54ClF2N7O3/c1-3-31-5-4-6-34(24-31)35-25-38(48)42(39(49)26-35)46(59)55-13-11-32(12-14-55)27-52-15-17-53(18-16-52)28-37(33-7-9-36(47)10-8-33)45(58)56-21-19-54(20-22-56)44-41-30(2)23-40(57)43(41)50-29-51-44/h4-10,24-26,29-30,32,37,40,57H,3,11-23,27-28H2,1-2H3/t30-,37-,40-/m1/s1. The van der Waals surface area contributed by atoms with Crippen LogP contribution in [0.1, 0.15) is 83.8 Å². The number of piperazine rings is 2. The third kappa shape index (κ3) is 9.01. The molecule has 1 aliphatic carbocycles. The van der Waals surface area contributed by atoms with Crippen LogP contribution in [0.15, 0.2) is 67.0 Å². The smallest absolute Gasteiger partial charge is 0.259 e. The minimum Gasteiger partial charge on any atom is -0.387 e. The van der Waals surface area contributed by atoms with Crippen molar-refractivity contribution >= 4 is 29.2 Å². The van der Waals surface area contributed by atoms with Gasteiger partial charge in [-0.15, -0.1) is 0 Å². The minimum absolute atomic E-state index is 0.116. The normalized spacial score (nSPS) is 21.2. The summed E-state index contributed by atoms with van der Waals surface area (Å²) in [6.45, 7) is 12.5. The average Bonchev–Trinajstić information content (AvgIpc) is 3.56. The molecule has 0 bridgehead atoms. The summed E-state index contributed by atoms with van der Waals surface area (Å²) in [5, 5.41) is 11.1. The number of hydrogen-bond donors (Lipinski definition) is 1. The number of aliphatic hydroxyl groups is 1. The second kappa shape index (κ2) is 18.0. The second-order valence-electron chi connectivity index (χ2n) is 16.8. The first kappa shape index (κ1) is 41.3. The number of hydrogen-bond acceptors (Lipinski definition) is 8. The number of fused-ring (bicyclic) bond motifs is 1. The van der Waals surface area contributed by atoms with Gasteiger partial charge in [-0.2, -0.15) is 0 Å². The van der Waals surface area contributed by atoms with E-state index in [2.05, 4.69) is 31.6 Å². The van der Waals surface area contributed by atoms with Gasteiger partial charge in [0.1, 0.15) is 29.3 Å². The number of aryl methyl sites for hydroxylation is 1. The van der Waals surface area contributed by atoms with Crippen LogP contribution in [0.25, 0.3) is 11.1 Å². The van der Waals surface area contributed by atoms with Gasteiger partial charge in [0, 0.05) is 89.1 Å². The SMILES string of the molecule is CCc1cccc(-c2cc(F)c(C(=O)N3CCC(CN4CCN(C[C@@H](C(=O)N5CCN(c6ncnc7c6[C@H](C)C[C@H]7O)CC5)c5ccc(Cl)cc5)CC4)CC3)c(F)c2)c1. The van der Waals surface area contributed by atoms with Gasteiger partial charge in [-0.1, -0.05) is 61.8 Å². The fourth-order valence-corrected chi connectivity index (χ4v) is 9.63. The first-order chi connectivity index (χ1) is 28.6. The van der Waals surface area contributed by atoms with Crippen LogP contribution in [-0.4, -0.2) is 125 Å². The van der Waals surface area contributed by atoms with E-state index in [1.54, 1.807) is 4.90 Å². The lowest BCUT2D eigenvalue weighted by molar-refractivity contribution is -0.133. The van der Waals surface area contributed by atoms with Gasteiger partial charge in [0.15, 0.2) is 0 Å². The van der Waals surface area contributed by atoms with E-state index in [0.717, 1.165) is 85.8 Å². The van der Waals surface area contributed by atoms with E-state index in [-0.39, 0.29) is 17.7 Å². The van der Waals surface area contributed by atoms with Gasteiger partial charge in [0.25, 0.3) is 5.91 Å². The summed E-state index contributed by atoms with van der Waals surface area (Å²) >= 11 is 6.27. The molecule has 0 spiro atoms. The number of halogens is 3. The number of benzene rings is 3. The number of rotatable bonds is 10. The predicted octanol–water partition coefficient (Wildman–Crippen LogP) is 6.78. The molecular weight excluding hydrogens is 772 g/mol. The van der Waals surface area contributed by atoms with Crippen molar-refractivity contribution in [1.29, 1.82) is 0 Å². The first-order valence-corrected chi connectivity index (χ1v) is 21.6. The molecule has 13 heteroatoms. The molecule has 4 heterocycles. The molecular formula is C46H54ClF2N7O3. The van der Waals surface area contributed by atoms with Crippen LogP contribution in [0.5, 0.6) is 0 Å². The van der Waals surface area contributed by atoms with Crippen molar-refractivity contribution in [3.8, 4) is 11.1 Å². The van der Waals surface area contributed by atoms with Gasteiger partial charge in [0.2, 0.25) is 5.91 Å². The van der Waals surface area contributed by atoms with Gasteiger partial charge in [-0.3, -0.25) is 14.5 Å². The Hall–Kier alpha value is -4.49. The Morgan fingerprint density at radius 2 is 1.51 bits per heavy atom. The number of carbonyl (C=O) groups excluding carboxylic acids is 2. The van der Waals surface area contributed by atoms with Gasteiger partial charge in [0.05, 0.1) is 17.7 Å². The highest BCUT2D eigenvalue weighted by molar-refractivity contribution is 6.30. The molecule has 0 unspecified atom stereocenters. The third-order valence-electron chi connectivity index (χ3n) is 13.0. The molecule has 2 amide bonds. The number of carbonyl (C=O) groups is 2. The molecule has 312 valence electrons. The number of aromatic nitrogens is 2. The van der Waals surface area contributed by atoms with Crippen LogP contribution in [0, 0.1) is 17.6 Å². The molecule has 4 aromatic rings. The summed E-state index contributed by atoms with van der Waals surface area (Å²) in [6.07, 6.45) is 3.99. The maximum Gasteiger partial charge on any atom is 0.259 e. The van der Waals surface area contributed by atoms with Crippen molar-refractivity contribution in [2.24, 2.45) is 5.92 Å². The highest BCUT2D eigenvalue weighted by Crippen LogP contribution is 2.43. The zero-order valence-corrected chi connectivity index (χ0v) is 34.8. The van der Waals surface area contributed by atoms with Crippen LogP contribution < -0.4 is 4.90 Å². The van der Waals surface area contributed by atoms with E-state index in [4.69, 9.17) is 11.6 Å². The molecule has 1 aromatic heterocycles. The Bertz CT molecular complexity index is 2110. The van der Waals surface area contributed by atoms with Crippen LogP contribution in [0.2, 0.25) is 5.02 Å². The van der Waals surface area contributed by atoms with Gasteiger partial charge in [-0.05, 0) is 84.0 Å². The molecule has 3 fully saturated rings. The van der Waals surface area contributed by atoms with E-state index in [0.29, 0.717) is 68.7 Å². The molecule has 1 N–H and O–H groups in total. The monoisotopic (exact) mass is 825 g/mol. The quantitative estimate of drug-likeness (QED) is 0.187. The molecule has 3 aliphatic heterocycles. The number of amides is 2. The number of likely N-dealkylation sites (tertiary alicyclic amines) is 1. The zero-order chi connectivity index (χ0) is 41.2. The average molecular weight is 826 g/mol. The molecule has 3 saturated heterocycles. The van der Waals surface area contributed by atoms with E-state index >= 15 is 8.78 Å². The molecule has 3 aromatic carbocycles. The minimum atomic E-state index is -0.826. The highest BCUT2D eigenvalue weighted by Gasteiger charge is 2.36. The predicted molar refractivity (Wildman–Crippen MR) is 226 cm³/mol. The maximum atomic E-state index is 15.3. The van der Waals surface area contributed by atoms with Crippen LogP contribution in [-0.2, 0) is 11.2 Å². The second-order valence-corrected chi connectivity index (χ2v) is 17.2. The summed E-state index contributed by atoms with van der Waals surface area (Å²) in [5.41, 5.74) is 4.45. The van der Waals surface area contributed by atoms with Gasteiger partial charge < -0.3 is 24.7 Å². The van der Waals surface area contributed by atoms with E-state index in [9.17, 15) is 14.7 Å². The zero-order valence-electron chi connectivity index (χ0n) is 34.0. The van der Waals surface area contributed by atoms with Crippen molar-refractivity contribution in [3.63, 3.8) is 0 Å². The number of nitrogens with zero attached hydrogens (tertiary/aromatic N) is 7. The Kier molecular flexibility index (Phi) is 12.6. The Morgan fingerprint density at radius 1 is 0.831 bits per heavy atom. The largest absolute Gasteiger partial charge is 0.387 e. The van der Waals surface area contributed by atoms with E-state index < -0.39 is 29.2 Å². The molecule has 59 heavy (non-hydrogen) atoms. The van der Waals surface area contributed by atoms with Crippen LogP contribution >= 0.6 is 11.6 Å². The lowest BCUT2D eigenvalue weighted by atomic mass is 9.94. The summed E-state index contributed by atoms with van der Waals surface area (Å²) in [5.74, 6) is -1.02. The fraction of sp³-hybridized carbons (Fsp3) is 0.478. The summed E-state index contributed by atoms with van der Waals surface area (Å²) in [4.78, 5) is 47.3. The Balaban J connectivity index is 0.832. The van der Waals surface area contributed by atoms with Crippen LogP contribution in [0.4, 0.5) is 14.6 Å². The van der Waals surface area contributed by atoms with E-state index in [1.165, 1.54) is 18.5 Å². The number of aliphatic hydroxyl groups excluding tert-OH is 1. The molecule has 3 atom stereocenters. The molecule has 8 rings (SSSR count). The fourth-order valence-electron chi connectivity index (χ4n) is 9.50. The lowest BCUT2D eigenvalue weighted by Crippen LogP contribution is -2.53. The molecule has 10 nitrogen and oxygen atoms in total. The molecule has 4 aliphatic rings. The number of anilines is 1. The molecule has 0 saturated carbocycles. The van der Waals surface area contributed by atoms with Crippen LogP contribution in [0.3, 0.4) is 0 Å². The maximum absolute atomic E-state index is 15.3. The first-order valence-electron chi connectivity index (χ1n) is 21.2. The highest BCUT2D eigenvalue weighted by atomic mass is 35.5. The number of piperidine rings is 1. The van der Waals surface area contributed by atoms with Gasteiger partial charge in [-0.25, -0.2) is 18.7 Å². The molecule has 0 radical (unpaired) electrons. The summed E-state index contributed by atoms with van der Waals surface area (Å²) in [7, 11) is 0. The summed E-state index contributed by atoms with van der Waals surface area (Å²) < 4.78 is 30.7. The summed E-state index contributed by atoms with van der Waals surface area (Å²) in [6, 6.07) is 17.8. The van der Waals surface area contributed by atoms with Crippen molar-refractivity contribution in [2.45, 2.75) is 57.5 Å². The third-order valence-corrected chi connectivity index (χ3v) is 13.2. The van der Waals surface area contributed by atoms with Crippen molar-refractivity contribution in [3.05, 3.63) is 112 Å². The van der Waals surface area contributed by atoms with Crippen molar-refractivity contribution in [1.82, 2.24) is 29.6 Å². The Morgan fingerprint density at radius 3 is 2.19 bits per heavy atom.